The number of para-hydroxylation sites is 1. The molecule has 3 aromatic rings. The van der Waals surface area contributed by atoms with Crippen molar-refractivity contribution in [2.45, 2.75) is 6.92 Å². The van der Waals surface area contributed by atoms with Crippen molar-refractivity contribution in [1.82, 2.24) is 10.2 Å². The predicted molar refractivity (Wildman–Crippen MR) is 75.4 cm³/mol. The van der Waals surface area contributed by atoms with Crippen LogP contribution in [-0.4, -0.2) is 16.1 Å². The smallest absolute Gasteiger partial charge is 0.276 e. The van der Waals surface area contributed by atoms with Crippen LogP contribution in [-0.2, 0) is 0 Å². The molecule has 0 aliphatic rings. The highest BCUT2D eigenvalue weighted by Crippen LogP contribution is 2.19. The maximum atomic E-state index is 12.1. The normalized spacial score (nSPS) is 10.4. The van der Waals surface area contributed by atoms with Crippen LogP contribution in [0.3, 0.4) is 0 Å². The molecule has 1 aromatic carbocycles. The second-order valence-electron chi connectivity index (χ2n) is 4.41. The van der Waals surface area contributed by atoms with Crippen molar-refractivity contribution < 1.29 is 9.21 Å². The standard InChI is InChI=1S/C15H13N3O2/c1-10-5-2-3-6-11(10)16-15(19)13-9-12(17-18-13)14-7-4-8-20-14/h2-9H,1H3,(H,16,19)(H,17,18). The molecule has 0 unspecified atom stereocenters. The second kappa shape index (κ2) is 5.05. The second-order valence-corrected chi connectivity index (χ2v) is 4.41. The Bertz CT molecular complexity index is 729. The molecule has 100 valence electrons. The van der Waals surface area contributed by atoms with Crippen molar-refractivity contribution in [1.29, 1.82) is 0 Å². The van der Waals surface area contributed by atoms with E-state index in [2.05, 4.69) is 15.5 Å². The van der Waals surface area contributed by atoms with E-state index < -0.39 is 0 Å². The fraction of sp³-hybridized carbons (Fsp3) is 0.0667. The molecule has 0 aliphatic heterocycles. The lowest BCUT2D eigenvalue weighted by Gasteiger charge is -2.05. The number of amides is 1. The van der Waals surface area contributed by atoms with Crippen molar-refractivity contribution in [2.75, 3.05) is 5.32 Å². The van der Waals surface area contributed by atoms with Crippen LogP contribution in [0.15, 0.2) is 53.1 Å². The molecule has 20 heavy (non-hydrogen) atoms. The zero-order chi connectivity index (χ0) is 13.9. The molecule has 1 amide bonds. The van der Waals surface area contributed by atoms with Gasteiger partial charge in [-0.15, -0.1) is 0 Å². The predicted octanol–water partition coefficient (Wildman–Crippen LogP) is 3.23. The molecule has 5 nitrogen and oxygen atoms in total. The molecule has 0 radical (unpaired) electrons. The molecule has 0 fully saturated rings. The number of hydrogen-bond acceptors (Lipinski definition) is 3. The van der Waals surface area contributed by atoms with Gasteiger partial charge in [-0.3, -0.25) is 9.89 Å². The summed E-state index contributed by atoms with van der Waals surface area (Å²) in [5.74, 6) is 0.390. The molecule has 3 rings (SSSR count). The van der Waals surface area contributed by atoms with Gasteiger partial charge in [-0.05, 0) is 30.7 Å². The number of aromatic nitrogens is 2. The monoisotopic (exact) mass is 267 g/mol. The van der Waals surface area contributed by atoms with Gasteiger partial charge in [0.1, 0.15) is 5.69 Å². The summed E-state index contributed by atoms with van der Waals surface area (Å²) in [6.07, 6.45) is 1.57. The van der Waals surface area contributed by atoms with Gasteiger partial charge in [0, 0.05) is 11.8 Å². The van der Waals surface area contributed by atoms with Gasteiger partial charge in [0.15, 0.2) is 11.5 Å². The van der Waals surface area contributed by atoms with Crippen molar-refractivity contribution >= 4 is 11.6 Å². The van der Waals surface area contributed by atoms with Crippen LogP contribution in [0.5, 0.6) is 0 Å². The van der Waals surface area contributed by atoms with Crippen LogP contribution in [0, 0.1) is 6.92 Å². The fourth-order valence-electron chi connectivity index (χ4n) is 1.90. The first-order chi connectivity index (χ1) is 9.74. The van der Waals surface area contributed by atoms with Crippen molar-refractivity contribution in [3.8, 4) is 11.5 Å². The third-order valence-electron chi connectivity index (χ3n) is 2.99. The van der Waals surface area contributed by atoms with Crippen molar-refractivity contribution in [2.24, 2.45) is 0 Å². The van der Waals surface area contributed by atoms with E-state index in [1.807, 2.05) is 31.2 Å². The van der Waals surface area contributed by atoms with Gasteiger partial charge >= 0.3 is 0 Å². The number of carbonyl (C=O) groups excluding carboxylic acids is 1. The zero-order valence-corrected chi connectivity index (χ0v) is 10.9. The Hall–Kier alpha value is -2.82. The van der Waals surface area contributed by atoms with E-state index in [9.17, 15) is 4.79 Å². The SMILES string of the molecule is Cc1ccccc1NC(=O)c1cc(-c2ccco2)[nH]n1. The Balaban J connectivity index is 1.80. The van der Waals surface area contributed by atoms with Crippen LogP contribution in [0.25, 0.3) is 11.5 Å². The third-order valence-corrected chi connectivity index (χ3v) is 2.99. The highest BCUT2D eigenvalue weighted by atomic mass is 16.3. The number of hydrogen-bond donors (Lipinski definition) is 2. The molecule has 0 spiro atoms. The van der Waals surface area contributed by atoms with Crippen LogP contribution < -0.4 is 5.32 Å². The van der Waals surface area contributed by atoms with Crippen molar-refractivity contribution in [3.05, 3.63) is 60.0 Å². The molecule has 0 saturated carbocycles. The molecule has 0 bridgehead atoms. The van der Waals surface area contributed by atoms with Crippen LogP contribution in [0.4, 0.5) is 5.69 Å². The van der Waals surface area contributed by atoms with E-state index in [1.54, 1.807) is 24.5 Å². The quantitative estimate of drug-likeness (QED) is 0.765. The summed E-state index contributed by atoms with van der Waals surface area (Å²) in [6, 6.07) is 12.8. The number of carbonyl (C=O) groups is 1. The van der Waals surface area contributed by atoms with Crippen LogP contribution >= 0.6 is 0 Å². The lowest BCUT2D eigenvalue weighted by atomic mass is 10.2. The number of benzene rings is 1. The Morgan fingerprint density at radius 3 is 2.85 bits per heavy atom. The fourth-order valence-corrected chi connectivity index (χ4v) is 1.90. The Kier molecular flexibility index (Phi) is 3.09. The number of anilines is 1. The van der Waals surface area contributed by atoms with Gasteiger partial charge < -0.3 is 9.73 Å². The van der Waals surface area contributed by atoms with Crippen molar-refractivity contribution in [3.63, 3.8) is 0 Å². The molecule has 2 N–H and O–H groups in total. The summed E-state index contributed by atoms with van der Waals surface area (Å²) in [7, 11) is 0. The molecule has 5 heteroatoms. The number of H-pyrrole nitrogens is 1. The maximum absolute atomic E-state index is 12.1. The summed E-state index contributed by atoms with van der Waals surface area (Å²) in [5.41, 5.74) is 2.77. The van der Waals surface area contributed by atoms with Gasteiger partial charge in [0.2, 0.25) is 0 Å². The van der Waals surface area contributed by atoms with E-state index in [4.69, 9.17) is 4.42 Å². The molecule has 0 aliphatic carbocycles. The van der Waals surface area contributed by atoms with Gasteiger partial charge in [-0.2, -0.15) is 5.10 Å². The molecule has 0 atom stereocenters. The average Bonchev–Trinajstić information content (AvgIpc) is 3.11. The highest BCUT2D eigenvalue weighted by molar-refractivity contribution is 6.03. The van der Waals surface area contributed by atoms with Gasteiger partial charge in [-0.1, -0.05) is 18.2 Å². The topological polar surface area (TPSA) is 70.9 Å². The number of nitrogens with zero attached hydrogens (tertiary/aromatic N) is 1. The molecule has 0 saturated heterocycles. The number of furan rings is 1. The summed E-state index contributed by atoms with van der Waals surface area (Å²) in [4.78, 5) is 12.1. The molecular formula is C15H13N3O2. The highest BCUT2D eigenvalue weighted by Gasteiger charge is 2.13. The minimum Gasteiger partial charge on any atom is -0.463 e. The lowest BCUT2D eigenvalue weighted by Crippen LogP contribution is -2.13. The largest absolute Gasteiger partial charge is 0.463 e. The van der Waals surface area contributed by atoms with Gasteiger partial charge in [-0.25, -0.2) is 0 Å². The number of nitrogens with one attached hydrogen (secondary N) is 2. The summed E-state index contributed by atoms with van der Waals surface area (Å²) in [6.45, 7) is 1.94. The van der Waals surface area contributed by atoms with Gasteiger partial charge in [0.25, 0.3) is 5.91 Å². The van der Waals surface area contributed by atoms with Gasteiger partial charge in [0.05, 0.1) is 6.26 Å². The average molecular weight is 267 g/mol. The molecular weight excluding hydrogens is 254 g/mol. The Morgan fingerprint density at radius 1 is 1.25 bits per heavy atom. The third kappa shape index (κ3) is 2.33. The maximum Gasteiger partial charge on any atom is 0.276 e. The van der Waals surface area contributed by atoms with E-state index in [0.29, 0.717) is 17.1 Å². The molecule has 2 aromatic heterocycles. The number of aryl methyl sites for hydroxylation is 1. The lowest BCUT2D eigenvalue weighted by molar-refractivity contribution is 0.102. The first-order valence-corrected chi connectivity index (χ1v) is 6.20. The zero-order valence-electron chi connectivity index (χ0n) is 10.9. The summed E-state index contributed by atoms with van der Waals surface area (Å²) in [5, 5.41) is 9.62. The minimum atomic E-state index is -0.256. The first-order valence-electron chi connectivity index (χ1n) is 6.20. The van der Waals surface area contributed by atoms with E-state index in [1.165, 1.54) is 0 Å². The summed E-state index contributed by atoms with van der Waals surface area (Å²) >= 11 is 0. The first kappa shape index (κ1) is 12.2. The Labute approximate surface area is 115 Å². The summed E-state index contributed by atoms with van der Waals surface area (Å²) < 4.78 is 5.25. The number of rotatable bonds is 3. The van der Waals surface area contributed by atoms with Crippen LogP contribution in [0.1, 0.15) is 16.1 Å². The molecule has 2 heterocycles. The van der Waals surface area contributed by atoms with E-state index in [-0.39, 0.29) is 5.91 Å². The van der Waals surface area contributed by atoms with E-state index in [0.717, 1.165) is 11.3 Å². The Morgan fingerprint density at radius 2 is 2.10 bits per heavy atom. The van der Waals surface area contributed by atoms with E-state index >= 15 is 0 Å². The van der Waals surface area contributed by atoms with Crippen LogP contribution in [0.2, 0.25) is 0 Å². The number of aromatic amines is 1. The minimum absolute atomic E-state index is 0.256.